The topological polar surface area (TPSA) is 66.8 Å². The number of thiol groups is 1. The van der Waals surface area contributed by atoms with Crippen molar-refractivity contribution in [2.45, 2.75) is 19.4 Å². The van der Waals surface area contributed by atoms with Crippen LogP contribution in [-0.2, 0) is 9.53 Å². The Hall–Kier alpha value is -1.20. The van der Waals surface area contributed by atoms with Gasteiger partial charge in [0, 0.05) is 0 Å². The lowest BCUT2D eigenvalue weighted by atomic mass is 9.95. The van der Waals surface area contributed by atoms with Gasteiger partial charge in [0.25, 0.3) is 0 Å². The number of ether oxygens (including phenoxy) is 1. The van der Waals surface area contributed by atoms with Crippen LogP contribution in [0.2, 0.25) is 0 Å². The summed E-state index contributed by atoms with van der Waals surface area (Å²) in [6.45, 7) is 2.15. The number of phenols is 1. The first-order valence-corrected chi connectivity index (χ1v) is 6.41. The Morgan fingerprint density at radius 2 is 2.00 bits per heavy atom. The zero-order valence-corrected chi connectivity index (χ0v) is 11.1. The molecule has 4 nitrogen and oxygen atoms in total. The number of hydrogen-bond donors (Lipinski definition) is 3. The number of carbonyl (C=O) groups is 1. The fourth-order valence-electron chi connectivity index (χ4n) is 1.56. The number of phenolic OH excluding ortho intramolecular Hbond substituents is 1. The van der Waals surface area contributed by atoms with Crippen LogP contribution >= 0.6 is 12.6 Å². The second-order valence-corrected chi connectivity index (χ2v) is 4.50. The molecular formula is C13H18O4S. The predicted octanol–water partition coefficient (Wildman–Crippen LogP) is 1.92. The van der Waals surface area contributed by atoms with Crippen LogP contribution in [0.1, 0.15) is 25.0 Å². The molecule has 5 heteroatoms. The average molecular weight is 270 g/mol. The van der Waals surface area contributed by atoms with Gasteiger partial charge in [0.2, 0.25) is 0 Å². The van der Waals surface area contributed by atoms with Gasteiger partial charge >= 0.3 is 5.97 Å². The number of carbonyl (C=O) groups excluding carboxylic acids is 1. The van der Waals surface area contributed by atoms with E-state index >= 15 is 0 Å². The molecule has 0 spiro atoms. The molecule has 2 N–H and O–H groups in total. The first-order valence-electron chi connectivity index (χ1n) is 5.78. The van der Waals surface area contributed by atoms with Gasteiger partial charge in [0.1, 0.15) is 5.75 Å². The highest BCUT2D eigenvalue weighted by molar-refractivity contribution is 7.81. The maximum absolute atomic E-state index is 10.9. The van der Waals surface area contributed by atoms with Crippen molar-refractivity contribution in [3.63, 3.8) is 0 Å². The third kappa shape index (κ3) is 4.58. The third-order valence-corrected chi connectivity index (χ3v) is 3.00. The first kappa shape index (κ1) is 14.9. The zero-order chi connectivity index (χ0) is 13.5. The van der Waals surface area contributed by atoms with Crippen molar-refractivity contribution in [1.82, 2.24) is 0 Å². The van der Waals surface area contributed by atoms with Gasteiger partial charge in [-0.25, -0.2) is 0 Å². The molecule has 0 aliphatic rings. The molecule has 1 aromatic rings. The Labute approximate surface area is 112 Å². The quantitative estimate of drug-likeness (QED) is 0.546. The van der Waals surface area contributed by atoms with Crippen LogP contribution in [0.3, 0.4) is 0 Å². The summed E-state index contributed by atoms with van der Waals surface area (Å²) < 4.78 is 4.90. The summed E-state index contributed by atoms with van der Waals surface area (Å²) in [6, 6.07) is 6.42. The first-order chi connectivity index (χ1) is 8.54. The Morgan fingerprint density at radius 1 is 1.39 bits per heavy atom. The van der Waals surface area contributed by atoms with E-state index in [1.165, 1.54) is 12.1 Å². The summed E-state index contributed by atoms with van der Waals surface area (Å²) in [5.41, 5.74) is 0.737. The third-order valence-electron chi connectivity index (χ3n) is 2.74. The molecule has 2 atom stereocenters. The Morgan fingerprint density at radius 3 is 2.56 bits per heavy atom. The van der Waals surface area contributed by atoms with Gasteiger partial charge in [-0.2, -0.15) is 12.6 Å². The number of aromatic hydroxyl groups is 1. The van der Waals surface area contributed by atoms with Gasteiger partial charge < -0.3 is 14.9 Å². The number of esters is 1. The normalized spacial score (nSPS) is 13.9. The summed E-state index contributed by atoms with van der Waals surface area (Å²) in [7, 11) is 0. The molecule has 18 heavy (non-hydrogen) atoms. The highest BCUT2D eigenvalue weighted by Gasteiger charge is 2.16. The van der Waals surface area contributed by atoms with E-state index in [1.54, 1.807) is 12.1 Å². The molecule has 0 saturated carbocycles. The van der Waals surface area contributed by atoms with Crippen molar-refractivity contribution in [2.75, 3.05) is 12.4 Å². The van der Waals surface area contributed by atoms with Gasteiger partial charge in [-0.3, -0.25) is 4.79 Å². The molecule has 0 aromatic heterocycles. The van der Waals surface area contributed by atoms with Crippen molar-refractivity contribution in [3.05, 3.63) is 29.8 Å². The van der Waals surface area contributed by atoms with Crippen LogP contribution in [0, 0.1) is 5.92 Å². The van der Waals surface area contributed by atoms with Crippen LogP contribution in [-0.4, -0.2) is 28.5 Å². The van der Waals surface area contributed by atoms with Gasteiger partial charge in [-0.15, -0.1) is 0 Å². The van der Waals surface area contributed by atoms with Gasteiger partial charge in [0.15, 0.2) is 0 Å². The van der Waals surface area contributed by atoms with E-state index in [-0.39, 0.29) is 30.0 Å². The number of benzene rings is 1. The summed E-state index contributed by atoms with van der Waals surface area (Å²) in [4.78, 5) is 10.9. The van der Waals surface area contributed by atoms with Gasteiger partial charge in [-0.05, 0) is 30.0 Å². The zero-order valence-electron chi connectivity index (χ0n) is 10.2. The molecule has 0 bridgehead atoms. The van der Waals surface area contributed by atoms with Crippen molar-refractivity contribution >= 4 is 18.6 Å². The van der Waals surface area contributed by atoms with E-state index in [9.17, 15) is 9.90 Å². The molecule has 0 heterocycles. The molecule has 0 radical (unpaired) electrons. The molecule has 0 amide bonds. The number of hydrogen-bond acceptors (Lipinski definition) is 5. The lowest BCUT2D eigenvalue weighted by Crippen LogP contribution is -2.14. The van der Waals surface area contributed by atoms with E-state index < -0.39 is 6.10 Å². The van der Waals surface area contributed by atoms with Crippen molar-refractivity contribution < 1.29 is 19.7 Å². The van der Waals surface area contributed by atoms with E-state index in [2.05, 4.69) is 12.6 Å². The largest absolute Gasteiger partial charge is 0.508 e. The molecule has 100 valence electrons. The minimum absolute atomic E-state index is 0.0396. The molecule has 0 fully saturated rings. The Kier molecular flexibility index (Phi) is 6.01. The van der Waals surface area contributed by atoms with Gasteiger partial charge in [-0.1, -0.05) is 19.1 Å². The average Bonchev–Trinajstić information content (AvgIpc) is 2.38. The van der Waals surface area contributed by atoms with Crippen molar-refractivity contribution in [3.8, 4) is 5.75 Å². The van der Waals surface area contributed by atoms with Crippen molar-refractivity contribution in [1.29, 1.82) is 0 Å². The lowest BCUT2D eigenvalue weighted by molar-refractivity contribution is -0.141. The van der Waals surface area contributed by atoms with Gasteiger partial charge in [0.05, 0.1) is 18.5 Å². The lowest BCUT2D eigenvalue weighted by Gasteiger charge is -2.19. The van der Waals surface area contributed by atoms with Crippen LogP contribution in [0.5, 0.6) is 5.75 Å². The Bertz CT molecular complexity index is 377. The van der Waals surface area contributed by atoms with E-state index in [0.717, 1.165) is 5.56 Å². The van der Waals surface area contributed by atoms with Crippen LogP contribution in [0.15, 0.2) is 24.3 Å². The minimum atomic E-state index is -0.639. The molecule has 1 rings (SSSR count). The molecular weight excluding hydrogens is 252 g/mol. The highest BCUT2D eigenvalue weighted by atomic mass is 32.1. The summed E-state index contributed by atoms with van der Waals surface area (Å²) >= 11 is 3.80. The van der Waals surface area contributed by atoms with E-state index in [4.69, 9.17) is 9.84 Å². The predicted molar refractivity (Wildman–Crippen MR) is 71.7 cm³/mol. The minimum Gasteiger partial charge on any atom is -0.508 e. The molecule has 0 aliphatic carbocycles. The van der Waals surface area contributed by atoms with Crippen LogP contribution < -0.4 is 0 Å². The monoisotopic (exact) mass is 270 g/mol. The highest BCUT2D eigenvalue weighted by Crippen LogP contribution is 2.25. The summed E-state index contributed by atoms with van der Waals surface area (Å²) in [5, 5.41) is 19.2. The molecule has 0 saturated heterocycles. The molecule has 0 aliphatic heterocycles. The number of rotatable bonds is 6. The molecule has 1 aromatic carbocycles. The van der Waals surface area contributed by atoms with Crippen LogP contribution in [0.25, 0.3) is 0 Å². The summed E-state index contributed by atoms with van der Waals surface area (Å²) in [6.07, 6.45) is -0.0676. The number of aliphatic hydroxyl groups is 1. The van der Waals surface area contributed by atoms with Crippen molar-refractivity contribution in [2.24, 2.45) is 5.92 Å². The van der Waals surface area contributed by atoms with E-state index in [0.29, 0.717) is 6.42 Å². The number of aliphatic hydroxyl groups excluding tert-OH is 1. The second-order valence-electron chi connectivity index (χ2n) is 4.18. The fraction of sp³-hybridized carbons (Fsp3) is 0.462. The SMILES string of the molecule is C[C@H](CCOC(=O)CS)[C@@H](O)c1ccc(O)cc1. The second kappa shape index (κ2) is 7.28. The van der Waals surface area contributed by atoms with Crippen LogP contribution in [0.4, 0.5) is 0 Å². The van der Waals surface area contributed by atoms with E-state index in [1.807, 2.05) is 6.92 Å². The fourth-order valence-corrected chi connectivity index (χ4v) is 1.65. The Balaban J connectivity index is 2.43. The smallest absolute Gasteiger partial charge is 0.315 e. The maximum Gasteiger partial charge on any atom is 0.315 e. The summed E-state index contributed by atoms with van der Waals surface area (Å²) in [5.74, 6) is -0.164. The standard InChI is InChI=1S/C13H18O4S/c1-9(6-7-17-12(15)8-18)13(16)10-2-4-11(14)5-3-10/h2-5,9,13-14,16,18H,6-8H2,1H3/t9-,13-/m1/s1. The molecule has 0 unspecified atom stereocenters. The maximum atomic E-state index is 10.9.